The second-order valence-corrected chi connectivity index (χ2v) is 4.66. The Balaban J connectivity index is 1.68. The third-order valence-electron chi connectivity index (χ3n) is 3.53. The topological polar surface area (TPSA) is 17.0 Å². The molecule has 0 bridgehead atoms. The van der Waals surface area contributed by atoms with Crippen LogP contribution in [0.4, 0.5) is 0 Å². The highest BCUT2D eigenvalue weighted by Gasteiger charge is 2.18. The van der Waals surface area contributed by atoms with Gasteiger partial charge in [0.1, 0.15) is 0 Å². The Morgan fingerprint density at radius 2 is 2.00 bits per heavy atom. The van der Waals surface area contributed by atoms with Gasteiger partial charge in [0.05, 0.1) is 0 Å². The lowest BCUT2D eigenvalue weighted by Crippen LogP contribution is -2.33. The van der Waals surface area contributed by atoms with Gasteiger partial charge in [0.25, 0.3) is 0 Å². The first-order valence-corrected chi connectivity index (χ1v) is 6.36. The predicted molar refractivity (Wildman–Crippen MR) is 69.9 cm³/mol. The molecule has 1 N–H and O–H groups in total. The third-order valence-corrected chi connectivity index (χ3v) is 3.53. The SMILES string of the molecule is c1ccc(CCC2NCCn3cccc32)cc1. The first-order valence-electron chi connectivity index (χ1n) is 6.36. The van der Waals surface area contributed by atoms with Gasteiger partial charge >= 0.3 is 0 Å². The summed E-state index contributed by atoms with van der Waals surface area (Å²) in [6, 6.07) is 15.6. The maximum Gasteiger partial charge on any atom is 0.0478 e. The molecule has 0 saturated carbocycles. The Morgan fingerprint density at radius 3 is 2.88 bits per heavy atom. The van der Waals surface area contributed by atoms with Crippen molar-refractivity contribution in [2.45, 2.75) is 25.4 Å². The largest absolute Gasteiger partial charge is 0.349 e. The number of aryl methyl sites for hydroxylation is 1. The van der Waals surface area contributed by atoms with E-state index in [-0.39, 0.29) is 0 Å². The highest BCUT2D eigenvalue weighted by atomic mass is 15.1. The Kier molecular flexibility index (Phi) is 2.97. The molecule has 2 heterocycles. The molecule has 0 radical (unpaired) electrons. The van der Waals surface area contributed by atoms with Crippen LogP contribution in [-0.2, 0) is 13.0 Å². The molecular weight excluding hydrogens is 208 g/mol. The summed E-state index contributed by atoms with van der Waals surface area (Å²) in [7, 11) is 0. The molecule has 0 saturated heterocycles. The van der Waals surface area contributed by atoms with Crippen molar-refractivity contribution in [1.29, 1.82) is 0 Å². The minimum absolute atomic E-state index is 0.513. The minimum atomic E-state index is 0.513. The van der Waals surface area contributed by atoms with E-state index in [0.717, 1.165) is 19.5 Å². The molecule has 1 unspecified atom stereocenters. The van der Waals surface area contributed by atoms with Crippen LogP contribution in [0.25, 0.3) is 0 Å². The number of hydrogen-bond donors (Lipinski definition) is 1. The standard InChI is InChI=1S/C15H18N2/c1-2-5-13(6-3-1)8-9-14-15-7-4-11-17(15)12-10-16-14/h1-7,11,14,16H,8-10,12H2. The first kappa shape index (κ1) is 10.6. The summed E-state index contributed by atoms with van der Waals surface area (Å²) in [5.74, 6) is 0. The van der Waals surface area contributed by atoms with E-state index in [9.17, 15) is 0 Å². The summed E-state index contributed by atoms with van der Waals surface area (Å²) in [5.41, 5.74) is 2.87. The van der Waals surface area contributed by atoms with Crippen LogP contribution < -0.4 is 5.32 Å². The minimum Gasteiger partial charge on any atom is -0.349 e. The van der Waals surface area contributed by atoms with Gasteiger partial charge in [-0.2, -0.15) is 0 Å². The fraction of sp³-hybridized carbons (Fsp3) is 0.333. The highest BCUT2D eigenvalue weighted by Crippen LogP contribution is 2.22. The van der Waals surface area contributed by atoms with Crippen LogP contribution >= 0.6 is 0 Å². The van der Waals surface area contributed by atoms with E-state index in [4.69, 9.17) is 0 Å². The summed E-state index contributed by atoms with van der Waals surface area (Å²) >= 11 is 0. The zero-order valence-corrected chi connectivity index (χ0v) is 9.97. The highest BCUT2D eigenvalue weighted by molar-refractivity contribution is 5.18. The number of nitrogens with zero attached hydrogens (tertiary/aromatic N) is 1. The van der Waals surface area contributed by atoms with Crippen LogP contribution in [0.2, 0.25) is 0 Å². The second kappa shape index (κ2) is 4.76. The van der Waals surface area contributed by atoms with Crippen molar-refractivity contribution < 1.29 is 0 Å². The van der Waals surface area contributed by atoms with Crippen molar-refractivity contribution in [3.8, 4) is 0 Å². The van der Waals surface area contributed by atoms with Crippen molar-refractivity contribution in [1.82, 2.24) is 9.88 Å². The normalized spacial score (nSPS) is 18.9. The molecule has 88 valence electrons. The molecule has 1 aromatic carbocycles. The van der Waals surface area contributed by atoms with Crippen LogP contribution in [0.1, 0.15) is 23.7 Å². The van der Waals surface area contributed by atoms with E-state index in [2.05, 4.69) is 58.5 Å². The number of benzene rings is 1. The van der Waals surface area contributed by atoms with Gasteiger partial charge in [-0.05, 0) is 30.5 Å². The van der Waals surface area contributed by atoms with Crippen molar-refractivity contribution in [2.75, 3.05) is 6.54 Å². The molecule has 0 amide bonds. The number of rotatable bonds is 3. The van der Waals surface area contributed by atoms with E-state index in [1.54, 1.807) is 0 Å². The molecule has 2 aromatic rings. The fourth-order valence-corrected chi connectivity index (χ4v) is 2.62. The van der Waals surface area contributed by atoms with E-state index >= 15 is 0 Å². The quantitative estimate of drug-likeness (QED) is 0.851. The average molecular weight is 226 g/mol. The maximum atomic E-state index is 3.61. The maximum absolute atomic E-state index is 3.61. The molecule has 2 nitrogen and oxygen atoms in total. The van der Waals surface area contributed by atoms with Gasteiger partial charge in [0.15, 0.2) is 0 Å². The molecule has 1 aliphatic rings. The molecule has 0 spiro atoms. The van der Waals surface area contributed by atoms with Crippen molar-refractivity contribution in [3.05, 3.63) is 59.9 Å². The fourth-order valence-electron chi connectivity index (χ4n) is 2.62. The lowest BCUT2D eigenvalue weighted by Gasteiger charge is -2.26. The Morgan fingerprint density at radius 1 is 1.12 bits per heavy atom. The smallest absolute Gasteiger partial charge is 0.0478 e. The van der Waals surface area contributed by atoms with E-state index in [1.807, 2.05) is 0 Å². The number of aromatic nitrogens is 1. The van der Waals surface area contributed by atoms with Gasteiger partial charge in [-0.25, -0.2) is 0 Å². The van der Waals surface area contributed by atoms with Crippen LogP contribution in [0.5, 0.6) is 0 Å². The third kappa shape index (κ3) is 2.27. The Labute approximate surface area is 102 Å². The molecule has 2 heteroatoms. The van der Waals surface area contributed by atoms with Crippen LogP contribution in [0, 0.1) is 0 Å². The molecule has 1 atom stereocenters. The summed E-state index contributed by atoms with van der Waals surface area (Å²) in [4.78, 5) is 0. The summed E-state index contributed by atoms with van der Waals surface area (Å²) < 4.78 is 2.37. The zero-order valence-electron chi connectivity index (χ0n) is 9.97. The van der Waals surface area contributed by atoms with Gasteiger partial charge in [0, 0.05) is 31.0 Å². The Bertz CT molecular complexity index is 473. The molecule has 17 heavy (non-hydrogen) atoms. The number of hydrogen-bond acceptors (Lipinski definition) is 1. The Hall–Kier alpha value is -1.54. The van der Waals surface area contributed by atoms with Crippen LogP contribution in [-0.4, -0.2) is 11.1 Å². The molecule has 1 aromatic heterocycles. The van der Waals surface area contributed by atoms with Gasteiger partial charge in [-0.15, -0.1) is 0 Å². The monoisotopic (exact) mass is 226 g/mol. The summed E-state index contributed by atoms with van der Waals surface area (Å²) in [6.07, 6.45) is 4.50. The lowest BCUT2D eigenvalue weighted by molar-refractivity contribution is 0.406. The van der Waals surface area contributed by atoms with E-state index in [1.165, 1.54) is 17.7 Å². The lowest BCUT2D eigenvalue weighted by atomic mass is 10.0. The molecule has 0 aliphatic carbocycles. The predicted octanol–water partition coefficient (Wildman–Crippen LogP) is 2.77. The first-order chi connectivity index (χ1) is 8.43. The van der Waals surface area contributed by atoms with Gasteiger partial charge < -0.3 is 9.88 Å². The summed E-state index contributed by atoms with van der Waals surface area (Å²) in [6.45, 7) is 2.19. The number of nitrogens with one attached hydrogen (secondary N) is 1. The van der Waals surface area contributed by atoms with E-state index < -0.39 is 0 Å². The number of fused-ring (bicyclic) bond motifs is 1. The van der Waals surface area contributed by atoms with Crippen LogP contribution in [0.15, 0.2) is 48.7 Å². The van der Waals surface area contributed by atoms with Crippen LogP contribution in [0.3, 0.4) is 0 Å². The van der Waals surface area contributed by atoms with Crippen molar-refractivity contribution in [3.63, 3.8) is 0 Å². The van der Waals surface area contributed by atoms with Crippen molar-refractivity contribution >= 4 is 0 Å². The second-order valence-electron chi connectivity index (χ2n) is 4.66. The molecule has 3 rings (SSSR count). The van der Waals surface area contributed by atoms with Gasteiger partial charge in [0.2, 0.25) is 0 Å². The zero-order chi connectivity index (χ0) is 11.5. The van der Waals surface area contributed by atoms with Gasteiger partial charge in [-0.3, -0.25) is 0 Å². The average Bonchev–Trinajstić information content (AvgIpc) is 2.86. The van der Waals surface area contributed by atoms with E-state index in [0.29, 0.717) is 6.04 Å². The molecule has 1 aliphatic heterocycles. The molecular formula is C15H18N2. The van der Waals surface area contributed by atoms with Crippen molar-refractivity contribution in [2.24, 2.45) is 0 Å². The van der Waals surface area contributed by atoms with Gasteiger partial charge in [-0.1, -0.05) is 30.3 Å². The summed E-state index contributed by atoms with van der Waals surface area (Å²) in [5, 5.41) is 3.61. The molecule has 0 fully saturated rings.